The second-order valence-electron chi connectivity index (χ2n) is 6.27. The molecule has 2 aromatic rings. The van der Waals surface area contributed by atoms with E-state index >= 15 is 0 Å². The summed E-state index contributed by atoms with van der Waals surface area (Å²) in [5, 5.41) is 3.20. The summed E-state index contributed by atoms with van der Waals surface area (Å²) in [5.41, 5.74) is 3.66. The average molecular weight is 338 g/mol. The van der Waals surface area contributed by atoms with Crippen LogP contribution in [0, 0.1) is 13.8 Å². The number of anilines is 2. The monoisotopic (exact) mass is 338 g/mol. The van der Waals surface area contributed by atoms with Crippen LogP contribution in [0.25, 0.3) is 0 Å². The van der Waals surface area contributed by atoms with Crippen LogP contribution < -0.4 is 15.0 Å². The van der Waals surface area contributed by atoms with Gasteiger partial charge in [-0.05, 0) is 68.3 Å². The Morgan fingerprint density at radius 2 is 1.72 bits per heavy atom. The van der Waals surface area contributed by atoms with Crippen LogP contribution >= 0.6 is 0 Å². The van der Waals surface area contributed by atoms with E-state index in [-0.39, 0.29) is 18.2 Å². The molecule has 0 bridgehead atoms. The van der Waals surface area contributed by atoms with Gasteiger partial charge in [-0.2, -0.15) is 0 Å². The molecule has 1 aliphatic heterocycles. The van der Waals surface area contributed by atoms with Crippen LogP contribution in [0.1, 0.15) is 24.5 Å². The highest BCUT2D eigenvalue weighted by Gasteiger charge is 2.39. The quantitative estimate of drug-likeness (QED) is 0.849. The average Bonchev–Trinajstić information content (AvgIpc) is 2.82. The summed E-state index contributed by atoms with van der Waals surface area (Å²) < 4.78 is 5.40. The van der Waals surface area contributed by atoms with E-state index in [1.54, 1.807) is 24.3 Å². The predicted molar refractivity (Wildman–Crippen MR) is 98.0 cm³/mol. The molecule has 1 heterocycles. The van der Waals surface area contributed by atoms with Crippen molar-refractivity contribution in [3.05, 3.63) is 53.6 Å². The fourth-order valence-electron chi connectivity index (χ4n) is 3.13. The van der Waals surface area contributed by atoms with Crippen molar-refractivity contribution in [2.75, 3.05) is 16.8 Å². The zero-order valence-corrected chi connectivity index (χ0v) is 14.7. The number of ether oxygens (including phenoxy) is 1. The Morgan fingerprint density at radius 3 is 2.32 bits per heavy atom. The Labute approximate surface area is 147 Å². The van der Waals surface area contributed by atoms with E-state index < -0.39 is 6.04 Å². The van der Waals surface area contributed by atoms with Gasteiger partial charge in [-0.25, -0.2) is 4.90 Å². The minimum absolute atomic E-state index is 0.152. The largest absolute Gasteiger partial charge is 0.494 e. The van der Waals surface area contributed by atoms with E-state index in [1.165, 1.54) is 4.90 Å². The SMILES string of the molecule is CCOc1ccc(N2C(=O)C[C@@H](Nc3cc(C)cc(C)c3)C2=O)cc1. The van der Waals surface area contributed by atoms with Crippen LogP contribution in [0.3, 0.4) is 0 Å². The van der Waals surface area contributed by atoms with Gasteiger partial charge >= 0.3 is 0 Å². The number of carbonyl (C=O) groups is 2. The fourth-order valence-corrected chi connectivity index (χ4v) is 3.13. The maximum absolute atomic E-state index is 12.7. The van der Waals surface area contributed by atoms with Crippen LogP contribution in [-0.2, 0) is 9.59 Å². The molecule has 1 aliphatic rings. The summed E-state index contributed by atoms with van der Waals surface area (Å²) in [6.45, 7) is 6.49. The molecule has 0 aromatic heterocycles. The molecule has 0 unspecified atom stereocenters. The third kappa shape index (κ3) is 3.65. The molecule has 1 N–H and O–H groups in total. The predicted octanol–water partition coefficient (Wildman–Crippen LogP) is 3.45. The topological polar surface area (TPSA) is 58.6 Å². The van der Waals surface area contributed by atoms with Gasteiger partial charge in [-0.15, -0.1) is 0 Å². The lowest BCUT2D eigenvalue weighted by atomic mass is 10.1. The van der Waals surface area contributed by atoms with Crippen molar-refractivity contribution in [2.45, 2.75) is 33.2 Å². The van der Waals surface area contributed by atoms with Gasteiger partial charge in [0.1, 0.15) is 11.8 Å². The van der Waals surface area contributed by atoms with E-state index in [0.29, 0.717) is 12.3 Å². The second-order valence-corrected chi connectivity index (χ2v) is 6.27. The van der Waals surface area contributed by atoms with Gasteiger partial charge in [0.25, 0.3) is 5.91 Å². The number of nitrogens with one attached hydrogen (secondary N) is 1. The van der Waals surface area contributed by atoms with E-state index in [2.05, 4.69) is 11.4 Å². The first-order chi connectivity index (χ1) is 12.0. The van der Waals surface area contributed by atoms with Crippen LogP contribution in [0.2, 0.25) is 0 Å². The van der Waals surface area contributed by atoms with Crippen LogP contribution in [0.5, 0.6) is 5.75 Å². The van der Waals surface area contributed by atoms with E-state index in [0.717, 1.165) is 22.6 Å². The number of benzene rings is 2. The minimum atomic E-state index is -0.541. The molecule has 0 aliphatic carbocycles. The molecule has 2 amide bonds. The molecule has 25 heavy (non-hydrogen) atoms. The number of carbonyl (C=O) groups excluding carboxylic acids is 2. The van der Waals surface area contributed by atoms with Gasteiger partial charge in [0, 0.05) is 5.69 Å². The third-order valence-electron chi connectivity index (χ3n) is 4.12. The molecule has 1 saturated heterocycles. The maximum atomic E-state index is 12.7. The number of nitrogens with zero attached hydrogens (tertiary/aromatic N) is 1. The summed E-state index contributed by atoms with van der Waals surface area (Å²) in [6.07, 6.45) is 0.152. The minimum Gasteiger partial charge on any atom is -0.494 e. The van der Waals surface area contributed by atoms with Crippen LogP contribution in [-0.4, -0.2) is 24.5 Å². The number of hydrogen-bond donors (Lipinski definition) is 1. The lowest BCUT2D eigenvalue weighted by Crippen LogP contribution is -2.34. The summed E-state index contributed by atoms with van der Waals surface area (Å²) in [6, 6.07) is 12.5. The lowest BCUT2D eigenvalue weighted by Gasteiger charge is -2.17. The molecule has 5 heteroatoms. The van der Waals surface area contributed by atoms with Crippen LogP contribution in [0.15, 0.2) is 42.5 Å². The van der Waals surface area contributed by atoms with E-state index in [1.807, 2.05) is 32.9 Å². The Kier molecular flexibility index (Phi) is 4.74. The number of imide groups is 1. The van der Waals surface area contributed by atoms with Crippen molar-refractivity contribution < 1.29 is 14.3 Å². The fraction of sp³-hybridized carbons (Fsp3) is 0.300. The van der Waals surface area contributed by atoms with Crippen molar-refractivity contribution in [2.24, 2.45) is 0 Å². The Hall–Kier alpha value is -2.82. The molecule has 1 fully saturated rings. The number of rotatable bonds is 5. The Bertz CT molecular complexity index is 779. The Balaban J connectivity index is 1.77. The summed E-state index contributed by atoms with van der Waals surface area (Å²) >= 11 is 0. The molecule has 1 atom stereocenters. The van der Waals surface area contributed by atoms with Crippen molar-refractivity contribution in [1.82, 2.24) is 0 Å². The molecule has 0 spiro atoms. The highest BCUT2D eigenvalue weighted by atomic mass is 16.5. The first-order valence-electron chi connectivity index (χ1n) is 8.42. The highest BCUT2D eigenvalue weighted by molar-refractivity contribution is 6.23. The molecule has 0 saturated carbocycles. The van der Waals surface area contributed by atoms with Gasteiger partial charge in [0.2, 0.25) is 5.91 Å². The summed E-state index contributed by atoms with van der Waals surface area (Å²) in [4.78, 5) is 26.3. The van der Waals surface area contributed by atoms with Gasteiger partial charge < -0.3 is 10.1 Å². The first-order valence-corrected chi connectivity index (χ1v) is 8.42. The zero-order chi connectivity index (χ0) is 18.0. The molecule has 130 valence electrons. The van der Waals surface area contributed by atoms with Crippen molar-refractivity contribution >= 4 is 23.2 Å². The molecule has 3 rings (SSSR count). The van der Waals surface area contributed by atoms with E-state index in [4.69, 9.17) is 4.74 Å². The van der Waals surface area contributed by atoms with E-state index in [9.17, 15) is 9.59 Å². The van der Waals surface area contributed by atoms with Gasteiger partial charge in [-0.1, -0.05) is 6.07 Å². The summed E-state index contributed by atoms with van der Waals surface area (Å²) in [7, 11) is 0. The van der Waals surface area contributed by atoms with Crippen molar-refractivity contribution in [1.29, 1.82) is 0 Å². The van der Waals surface area contributed by atoms with Gasteiger partial charge in [-0.3, -0.25) is 9.59 Å². The third-order valence-corrected chi connectivity index (χ3v) is 4.12. The van der Waals surface area contributed by atoms with Crippen molar-refractivity contribution in [3.8, 4) is 5.75 Å². The Morgan fingerprint density at radius 1 is 1.08 bits per heavy atom. The summed E-state index contributed by atoms with van der Waals surface area (Å²) in [5.74, 6) is 0.291. The molecule has 5 nitrogen and oxygen atoms in total. The molecule has 0 radical (unpaired) electrons. The first kappa shape index (κ1) is 17.0. The number of hydrogen-bond acceptors (Lipinski definition) is 4. The lowest BCUT2D eigenvalue weighted by molar-refractivity contribution is -0.121. The number of aryl methyl sites for hydroxylation is 2. The second kappa shape index (κ2) is 6.97. The van der Waals surface area contributed by atoms with Gasteiger partial charge in [0.15, 0.2) is 0 Å². The molecular formula is C20H22N2O3. The standard InChI is InChI=1S/C20H22N2O3/c1-4-25-17-7-5-16(6-8-17)22-19(23)12-18(20(22)24)21-15-10-13(2)9-14(3)11-15/h5-11,18,21H,4,12H2,1-3H3/t18-/m1/s1. The highest BCUT2D eigenvalue weighted by Crippen LogP contribution is 2.27. The zero-order valence-electron chi connectivity index (χ0n) is 14.7. The smallest absolute Gasteiger partial charge is 0.256 e. The number of amides is 2. The molecular weight excluding hydrogens is 316 g/mol. The van der Waals surface area contributed by atoms with Crippen molar-refractivity contribution in [3.63, 3.8) is 0 Å². The maximum Gasteiger partial charge on any atom is 0.256 e. The van der Waals surface area contributed by atoms with Crippen LogP contribution in [0.4, 0.5) is 11.4 Å². The normalized spacial score (nSPS) is 17.1. The molecule has 2 aromatic carbocycles. The van der Waals surface area contributed by atoms with Gasteiger partial charge in [0.05, 0.1) is 18.7 Å².